The molecule has 2 amide bonds. The molecular weight excluding hydrogens is 567 g/mol. The van der Waals surface area contributed by atoms with Gasteiger partial charge in [-0.05, 0) is 73.2 Å². The van der Waals surface area contributed by atoms with Gasteiger partial charge >= 0.3 is 0 Å². The third-order valence-corrected chi connectivity index (χ3v) is 8.19. The average molecular weight is 594 g/mol. The molecule has 0 radical (unpaired) electrons. The Labute approximate surface area is 247 Å². The van der Waals surface area contributed by atoms with Gasteiger partial charge in [-0.3, -0.25) is 19.3 Å². The molecule has 10 heteroatoms. The summed E-state index contributed by atoms with van der Waals surface area (Å²) in [5.41, 5.74) is 3.18. The van der Waals surface area contributed by atoms with Gasteiger partial charge < -0.3 is 9.80 Å². The number of rotatable bonds is 6. The third-order valence-electron chi connectivity index (χ3n) is 6.69. The summed E-state index contributed by atoms with van der Waals surface area (Å²) in [6.07, 6.45) is 1.62. The summed E-state index contributed by atoms with van der Waals surface area (Å²) >= 11 is 13.7. The lowest BCUT2D eigenvalue weighted by Crippen LogP contribution is -2.49. The van der Waals surface area contributed by atoms with E-state index in [0.29, 0.717) is 58.2 Å². The number of Topliss-reactive ketones (excluding diaryl/α,β-unsaturated/α-hetero) is 1. The van der Waals surface area contributed by atoms with Crippen molar-refractivity contribution in [2.45, 2.75) is 6.92 Å². The molecule has 40 heavy (non-hydrogen) atoms. The average Bonchev–Trinajstić information content (AvgIpc) is 3.28. The molecule has 0 spiro atoms. The minimum Gasteiger partial charge on any atom is -0.368 e. The summed E-state index contributed by atoms with van der Waals surface area (Å²) in [6, 6.07) is 21.8. The van der Waals surface area contributed by atoms with Crippen molar-refractivity contribution < 1.29 is 14.4 Å². The van der Waals surface area contributed by atoms with Gasteiger partial charge in [0.25, 0.3) is 5.91 Å². The highest BCUT2D eigenvalue weighted by atomic mass is 35.5. The molecule has 0 saturated carbocycles. The topological polar surface area (TPSA) is 73.3 Å². The maximum Gasteiger partial charge on any atom is 0.283 e. The first-order valence-electron chi connectivity index (χ1n) is 12.7. The molecular formula is C30H26Cl2N4O3S. The van der Waals surface area contributed by atoms with E-state index in [1.165, 1.54) is 16.7 Å². The lowest BCUT2D eigenvalue weighted by Gasteiger charge is -2.36. The second-order valence-electron chi connectivity index (χ2n) is 9.33. The second-order valence-corrected chi connectivity index (χ2v) is 11.1. The highest BCUT2D eigenvalue weighted by Gasteiger charge is 2.33. The van der Waals surface area contributed by atoms with Crippen LogP contribution in [0.2, 0.25) is 10.0 Å². The third kappa shape index (κ3) is 6.25. The predicted octanol–water partition coefficient (Wildman–Crippen LogP) is 6.02. The Balaban J connectivity index is 1.27. The van der Waals surface area contributed by atoms with Gasteiger partial charge in [0.05, 0.1) is 11.4 Å². The van der Waals surface area contributed by atoms with Gasteiger partial charge in [-0.1, -0.05) is 53.2 Å². The lowest BCUT2D eigenvalue weighted by molar-refractivity contribution is -0.128. The Hall–Kier alpha value is -3.59. The van der Waals surface area contributed by atoms with Crippen molar-refractivity contribution >= 4 is 75.2 Å². The van der Waals surface area contributed by atoms with E-state index in [-0.39, 0.29) is 29.0 Å². The quantitative estimate of drug-likeness (QED) is 0.258. The van der Waals surface area contributed by atoms with Crippen LogP contribution in [0.3, 0.4) is 0 Å². The fourth-order valence-electron chi connectivity index (χ4n) is 4.51. The normalized spacial score (nSPS) is 16.5. The van der Waals surface area contributed by atoms with E-state index in [9.17, 15) is 14.4 Å². The molecule has 7 nitrogen and oxygen atoms in total. The molecule has 5 rings (SSSR count). The van der Waals surface area contributed by atoms with Crippen molar-refractivity contribution in [2.24, 2.45) is 4.99 Å². The number of ketones is 1. The Morgan fingerprint density at radius 2 is 1.62 bits per heavy atom. The zero-order valence-electron chi connectivity index (χ0n) is 21.7. The first-order chi connectivity index (χ1) is 19.3. The van der Waals surface area contributed by atoms with Crippen LogP contribution in [0.4, 0.5) is 11.4 Å². The highest BCUT2D eigenvalue weighted by Crippen LogP contribution is 2.31. The number of benzene rings is 3. The van der Waals surface area contributed by atoms with Crippen molar-refractivity contribution in [3.8, 4) is 0 Å². The van der Waals surface area contributed by atoms with Crippen molar-refractivity contribution in [3.05, 3.63) is 99.7 Å². The molecule has 2 aliphatic heterocycles. The first kappa shape index (κ1) is 28.0. The second kappa shape index (κ2) is 12.3. The molecule has 0 unspecified atom stereocenters. The number of amidine groups is 1. The van der Waals surface area contributed by atoms with Crippen LogP contribution >= 0.6 is 35.0 Å². The Morgan fingerprint density at radius 1 is 0.925 bits per heavy atom. The Morgan fingerprint density at radius 3 is 2.30 bits per heavy atom. The smallest absolute Gasteiger partial charge is 0.283 e. The maximum atomic E-state index is 13.4. The number of halogens is 2. The van der Waals surface area contributed by atoms with Gasteiger partial charge in [-0.25, -0.2) is 4.99 Å². The van der Waals surface area contributed by atoms with Gasteiger partial charge in [-0.15, -0.1) is 0 Å². The summed E-state index contributed by atoms with van der Waals surface area (Å²) in [5, 5.41) is 1.38. The maximum absolute atomic E-state index is 13.4. The number of para-hydroxylation sites is 1. The van der Waals surface area contributed by atoms with Gasteiger partial charge in [-0.2, -0.15) is 0 Å². The molecule has 204 valence electrons. The van der Waals surface area contributed by atoms with E-state index >= 15 is 0 Å². The monoisotopic (exact) mass is 592 g/mol. The van der Waals surface area contributed by atoms with Crippen molar-refractivity contribution in [2.75, 3.05) is 41.7 Å². The summed E-state index contributed by atoms with van der Waals surface area (Å²) in [6.45, 7) is 4.10. The summed E-state index contributed by atoms with van der Waals surface area (Å²) in [5.74, 6) is -0.139. The molecule has 0 atom stereocenters. The minimum atomic E-state index is -0.304. The van der Waals surface area contributed by atoms with Crippen molar-refractivity contribution in [1.29, 1.82) is 0 Å². The number of carbonyl (C=O) groups excluding carboxylic acids is 3. The van der Waals surface area contributed by atoms with E-state index < -0.39 is 0 Å². The van der Waals surface area contributed by atoms with Gasteiger partial charge in [0.1, 0.15) is 5.70 Å². The van der Waals surface area contributed by atoms with Crippen LogP contribution < -0.4 is 9.80 Å². The van der Waals surface area contributed by atoms with Crippen LogP contribution in [0.25, 0.3) is 6.08 Å². The lowest BCUT2D eigenvalue weighted by atomic mass is 10.1. The first-order valence-corrected chi connectivity index (χ1v) is 14.5. The van der Waals surface area contributed by atoms with E-state index in [1.807, 2.05) is 59.5 Å². The van der Waals surface area contributed by atoms with Crippen LogP contribution in [-0.2, 0) is 9.59 Å². The number of piperazine rings is 1. The largest absolute Gasteiger partial charge is 0.368 e. The van der Waals surface area contributed by atoms with Crippen molar-refractivity contribution in [1.82, 2.24) is 4.90 Å². The number of nitrogens with zero attached hydrogens (tertiary/aromatic N) is 4. The van der Waals surface area contributed by atoms with Gasteiger partial charge in [0.15, 0.2) is 11.0 Å². The summed E-state index contributed by atoms with van der Waals surface area (Å²) < 4.78 is 0. The molecule has 0 aliphatic carbocycles. The highest BCUT2D eigenvalue weighted by molar-refractivity contribution is 8.14. The number of hydrogen-bond donors (Lipinski definition) is 0. The minimum absolute atomic E-state index is 0.0185. The van der Waals surface area contributed by atoms with E-state index in [2.05, 4.69) is 9.89 Å². The molecule has 0 bridgehead atoms. The number of thioether (sulfide) groups is 1. The van der Waals surface area contributed by atoms with E-state index in [1.54, 1.807) is 31.2 Å². The number of amides is 2. The number of anilines is 2. The fraction of sp³-hybridized carbons (Fsp3) is 0.200. The molecule has 2 aliphatic rings. The number of carbonyl (C=O) groups is 3. The van der Waals surface area contributed by atoms with Crippen molar-refractivity contribution in [3.63, 3.8) is 0 Å². The molecule has 1 saturated heterocycles. The molecule has 3 aromatic carbocycles. The van der Waals surface area contributed by atoms with Crippen LogP contribution in [0.5, 0.6) is 0 Å². The van der Waals surface area contributed by atoms with Gasteiger partial charge in [0.2, 0.25) is 5.91 Å². The molecule has 0 N–H and O–H groups in total. The molecule has 2 heterocycles. The number of aliphatic imine (C=N–C) groups is 1. The van der Waals surface area contributed by atoms with Gasteiger partial charge in [0, 0.05) is 47.5 Å². The van der Waals surface area contributed by atoms with Crippen LogP contribution in [-0.4, -0.2) is 59.6 Å². The molecule has 0 aromatic heterocycles. The standard InChI is InChI=1S/C30H26Cl2N4O3S/c1-20(37)21-7-10-24(11-8-21)34-13-15-35(16-14-34)28(38)19-40-30-33-27(18-22-17-23(31)9-12-26(22)32)29(39)36(30)25-5-3-2-4-6-25/h2-12,17-18H,13-16,19H2,1H3. The van der Waals surface area contributed by atoms with E-state index in [0.717, 1.165) is 5.69 Å². The summed E-state index contributed by atoms with van der Waals surface area (Å²) in [4.78, 5) is 48.3. The SMILES string of the molecule is CC(=O)c1ccc(N2CCN(C(=O)CSC3=NC(=Cc4cc(Cl)ccc4Cl)C(=O)N3c3ccccc3)CC2)cc1. The zero-order valence-corrected chi connectivity index (χ0v) is 24.0. The Bertz CT molecular complexity index is 1500. The Kier molecular flexibility index (Phi) is 8.59. The van der Waals surface area contributed by atoms with Crippen LogP contribution in [0.15, 0.2) is 83.5 Å². The fourth-order valence-corrected chi connectivity index (χ4v) is 5.78. The van der Waals surface area contributed by atoms with Crippen LogP contribution in [0.1, 0.15) is 22.8 Å². The van der Waals surface area contributed by atoms with E-state index in [4.69, 9.17) is 23.2 Å². The van der Waals surface area contributed by atoms with Crippen LogP contribution in [0, 0.1) is 0 Å². The predicted molar refractivity (Wildman–Crippen MR) is 163 cm³/mol. The molecule has 1 fully saturated rings. The summed E-state index contributed by atoms with van der Waals surface area (Å²) in [7, 11) is 0. The molecule has 3 aromatic rings. The number of hydrogen-bond acceptors (Lipinski definition) is 6. The zero-order chi connectivity index (χ0) is 28.2.